The number of aliphatic hydroxyl groups excluding tert-OH is 1. The van der Waals surface area contributed by atoms with Crippen molar-refractivity contribution in [3.8, 4) is 17.6 Å². The van der Waals surface area contributed by atoms with E-state index in [1.165, 1.54) is 25.7 Å². The monoisotopic (exact) mass is 487 g/mol. The highest BCUT2D eigenvalue weighted by Crippen LogP contribution is 2.43. The minimum Gasteiger partial charge on any atom is -0.497 e. The molecule has 2 saturated heterocycles. The predicted molar refractivity (Wildman–Crippen MR) is 138 cm³/mol. The summed E-state index contributed by atoms with van der Waals surface area (Å²) >= 11 is 0. The van der Waals surface area contributed by atoms with Crippen molar-refractivity contribution in [1.82, 2.24) is 9.80 Å². The van der Waals surface area contributed by atoms with Crippen LogP contribution in [0.5, 0.6) is 5.75 Å². The second-order valence-corrected chi connectivity index (χ2v) is 9.97. The van der Waals surface area contributed by atoms with Crippen molar-refractivity contribution in [3.05, 3.63) is 59.7 Å². The van der Waals surface area contributed by atoms with E-state index in [-0.39, 0.29) is 43.1 Å². The SMILES string of the molecule is COc1cccc(NC(=O)N2CC(=O)N3[C@H](C2)[C@@H](c2ccc(C#CCC4CCCC4)cc2)[C@@H]3CO)c1. The summed E-state index contributed by atoms with van der Waals surface area (Å²) in [4.78, 5) is 29.2. The van der Waals surface area contributed by atoms with Gasteiger partial charge in [-0.3, -0.25) is 4.79 Å². The number of ether oxygens (including phenoxy) is 1. The van der Waals surface area contributed by atoms with Gasteiger partial charge in [0.2, 0.25) is 5.91 Å². The third kappa shape index (κ3) is 4.91. The summed E-state index contributed by atoms with van der Waals surface area (Å²) in [5, 5.41) is 12.9. The third-order valence-corrected chi connectivity index (χ3v) is 7.75. The van der Waals surface area contributed by atoms with Gasteiger partial charge in [-0.15, -0.1) is 0 Å². The van der Waals surface area contributed by atoms with Crippen molar-refractivity contribution >= 4 is 17.6 Å². The summed E-state index contributed by atoms with van der Waals surface area (Å²) in [6.45, 7) is 0.294. The molecule has 1 aliphatic carbocycles. The average Bonchev–Trinajstić information content (AvgIpc) is 3.40. The van der Waals surface area contributed by atoms with Crippen LogP contribution < -0.4 is 10.1 Å². The molecule has 2 aromatic carbocycles. The maximum absolute atomic E-state index is 13.0. The molecule has 3 aliphatic rings. The van der Waals surface area contributed by atoms with E-state index in [9.17, 15) is 14.7 Å². The number of hydrogen-bond donors (Lipinski definition) is 2. The lowest BCUT2D eigenvalue weighted by Gasteiger charge is -2.58. The van der Waals surface area contributed by atoms with E-state index in [0.717, 1.165) is 23.5 Å². The van der Waals surface area contributed by atoms with Gasteiger partial charge in [0, 0.05) is 36.2 Å². The fourth-order valence-electron chi connectivity index (χ4n) is 5.86. The molecule has 36 heavy (non-hydrogen) atoms. The molecule has 2 N–H and O–H groups in total. The molecule has 0 unspecified atom stereocenters. The smallest absolute Gasteiger partial charge is 0.322 e. The number of nitrogens with zero attached hydrogens (tertiary/aromatic N) is 2. The van der Waals surface area contributed by atoms with Crippen molar-refractivity contribution in [1.29, 1.82) is 0 Å². The molecule has 7 heteroatoms. The Bertz CT molecular complexity index is 1160. The number of nitrogens with one attached hydrogen (secondary N) is 1. The van der Waals surface area contributed by atoms with E-state index in [1.54, 1.807) is 41.2 Å². The molecule has 3 fully saturated rings. The zero-order chi connectivity index (χ0) is 25.1. The number of rotatable bonds is 5. The first-order valence-corrected chi connectivity index (χ1v) is 12.8. The zero-order valence-corrected chi connectivity index (χ0v) is 20.7. The molecular formula is C29H33N3O4. The fourth-order valence-corrected chi connectivity index (χ4v) is 5.86. The van der Waals surface area contributed by atoms with Crippen molar-refractivity contribution < 1.29 is 19.4 Å². The molecule has 2 aliphatic heterocycles. The number of methoxy groups -OCH3 is 1. The van der Waals surface area contributed by atoms with E-state index in [4.69, 9.17) is 4.74 Å². The zero-order valence-electron chi connectivity index (χ0n) is 20.7. The number of amides is 3. The van der Waals surface area contributed by atoms with Crippen LogP contribution in [-0.4, -0.2) is 65.7 Å². The summed E-state index contributed by atoms with van der Waals surface area (Å²) in [6, 6.07) is 14.5. The Kier molecular flexibility index (Phi) is 7.15. The Morgan fingerprint density at radius 1 is 1.17 bits per heavy atom. The molecule has 0 radical (unpaired) electrons. The summed E-state index contributed by atoms with van der Waals surface area (Å²) in [7, 11) is 1.57. The Morgan fingerprint density at radius 3 is 2.67 bits per heavy atom. The van der Waals surface area contributed by atoms with Gasteiger partial charge < -0.3 is 25.0 Å². The van der Waals surface area contributed by atoms with Crippen LogP contribution in [0.4, 0.5) is 10.5 Å². The number of aliphatic hydroxyl groups is 1. The number of carbonyl (C=O) groups is 2. The standard InChI is InChI=1S/C29H33N3O4/c1-36-24-11-5-10-23(16-24)30-29(35)31-17-25-28(26(19-33)32(25)27(34)18-31)22-14-12-21(13-15-22)9-4-8-20-6-2-3-7-20/h5,10-16,20,25-26,28,33H,2-3,6-8,17-19H2,1H3,(H,30,35)/t25-,26+,28-/m1/s1. The first kappa shape index (κ1) is 24.2. The highest BCUT2D eigenvalue weighted by atomic mass is 16.5. The highest BCUT2D eigenvalue weighted by molar-refractivity contribution is 5.94. The lowest BCUT2D eigenvalue weighted by Crippen LogP contribution is -2.73. The minimum absolute atomic E-state index is 0.00889. The lowest BCUT2D eigenvalue weighted by atomic mass is 9.73. The number of urea groups is 1. The van der Waals surface area contributed by atoms with Crippen molar-refractivity contribution in [2.24, 2.45) is 5.92 Å². The number of fused-ring (bicyclic) bond motifs is 1. The van der Waals surface area contributed by atoms with E-state index in [0.29, 0.717) is 18.0 Å². The summed E-state index contributed by atoms with van der Waals surface area (Å²) in [5.74, 6) is 7.83. The molecule has 1 saturated carbocycles. The maximum Gasteiger partial charge on any atom is 0.322 e. The first-order chi connectivity index (χ1) is 17.6. The Morgan fingerprint density at radius 2 is 1.94 bits per heavy atom. The van der Waals surface area contributed by atoms with Crippen LogP contribution >= 0.6 is 0 Å². The lowest BCUT2D eigenvalue weighted by molar-refractivity contribution is -0.159. The summed E-state index contributed by atoms with van der Waals surface area (Å²) in [5.41, 5.74) is 2.64. The van der Waals surface area contributed by atoms with Gasteiger partial charge in [-0.1, -0.05) is 42.9 Å². The van der Waals surface area contributed by atoms with Crippen LogP contribution in [-0.2, 0) is 4.79 Å². The van der Waals surface area contributed by atoms with Gasteiger partial charge in [-0.2, -0.15) is 0 Å². The molecular weight excluding hydrogens is 454 g/mol. The second kappa shape index (κ2) is 10.6. The van der Waals surface area contributed by atoms with Gasteiger partial charge in [0.15, 0.2) is 0 Å². The van der Waals surface area contributed by atoms with Crippen LogP contribution in [0, 0.1) is 17.8 Å². The van der Waals surface area contributed by atoms with Gasteiger partial charge in [-0.25, -0.2) is 4.79 Å². The van der Waals surface area contributed by atoms with E-state index < -0.39 is 0 Å². The van der Waals surface area contributed by atoms with Gasteiger partial charge in [-0.05, 0) is 48.6 Å². The number of piperazine rings is 1. The van der Waals surface area contributed by atoms with Gasteiger partial charge in [0.05, 0.1) is 25.8 Å². The van der Waals surface area contributed by atoms with Crippen LogP contribution in [0.2, 0.25) is 0 Å². The molecule has 7 nitrogen and oxygen atoms in total. The molecule has 3 atom stereocenters. The van der Waals surface area contributed by atoms with Gasteiger partial charge in [0.1, 0.15) is 12.3 Å². The first-order valence-electron chi connectivity index (χ1n) is 12.8. The average molecular weight is 488 g/mol. The molecule has 2 aromatic rings. The number of carbonyl (C=O) groups excluding carboxylic acids is 2. The highest BCUT2D eigenvalue weighted by Gasteiger charge is 2.54. The maximum atomic E-state index is 13.0. The largest absolute Gasteiger partial charge is 0.497 e. The number of anilines is 1. The van der Waals surface area contributed by atoms with E-state index in [1.807, 2.05) is 24.3 Å². The Balaban J connectivity index is 1.26. The molecule has 0 spiro atoms. The minimum atomic E-state index is -0.324. The van der Waals surface area contributed by atoms with Crippen LogP contribution in [0.25, 0.3) is 0 Å². The second-order valence-electron chi connectivity index (χ2n) is 9.97. The van der Waals surface area contributed by atoms with Crippen LogP contribution in [0.1, 0.15) is 49.1 Å². The quantitative estimate of drug-likeness (QED) is 0.628. The number of benzene rings is 2. The van der Waals surface area contributed by atoms with Crippen molar-refractivity contribution in [2.45, 2.75) is 50.1 Å². The van der Waals surface area contributed by atoms with Crippen LogP contribution in [0.3, 0.4) is 0 Å². The summed E-state index contributed by atoms with van der Waals surface area (Å²) < 4.78 is 5.22. The predicted octanol–water partition coefficient (Wildman–Crippen LogP) is 3.83. The number of hydrogen-bond acceptors (Lipinski definition) is 4. The molecule has 5 rings (SSSR count). The van der Waals surface area contributed by atoms with Gasteiger partial charge in [0.25, 0.3) is 0 Å². The van der Waals surface area contributed by atoms with E-state index >= 15 is 0 Å². The topological polar surface area (TPSA) is 82.1 Å². The normalized spacial score (nSPS) is 23.4. The van der Waals surface area contributed by atoms with Crippen LogP contribution in [0.15, 0.2) is 48.5 Å². The molecule has 3 amide bonds. The molecule has 0 aromatic heterocycles. The van der Waals surface area contributed by atoms with Gasteiger partial charge >= 0.3 is 6.03 Å². The molecule has 188 valence electrons. The van der Waals surface area contributed by atoms with Crippen molar-refractivity contribution in [3.63, 3.8) is 0 Å². The van der Waals surface area contributed by atoms with E-state index in [2.05, 4.69) is 17.2 Å². The Labute approximate surface area is 212 Å². The fraction of sp³-hybridized carbons (Fsp3) is 0.448. The molecule has 0 bridgehead atoms. The summed E-state index contributed by atoms with van der Waals surface area (Å²) in [6.07, 6.45) is 6.21. The third-order valence-electron chi connectivity index (χ3n) is 7.75. The Hall–Kier alpha value is -3.50. The van der Waals surface area contributed by atoms with Crippen molar-refractivity contribution in [2.75, 3.05) is 32.1 Å². The molecule has 2 heterocycles.